The van der Waals surface area contributed by atoms with Gasteiger partial charge in [0.05, 0.1) is 26.4 Å². The van der Waals surface area contributed by atoms with E-state index < -0.39 is 0 Å². The molecule has 1 rings (SSSR count). The molecule has 0 saturated carbocycles. The van der Waals surface area contributed by atoms with Crippen molar-refractivity contribution in [2.45, 2.75) is 130 Å². The molecule has 0 aliphatic rings. The van der Waals surface area contributed by atoms with Gasteiger partial charge in [-0.2, -0.15) is 0 Å². The number of hydrogen-bond acceptors (Lipinski definition) is 8. The van der Waals surface area contributed by atoms with E-state index in [2.05, 4.69) is 29.8 Å². The molecule has 0 amide bonds. The summed E-state index contributed by atoms with van der Waals surface area (Å²) >= 11 is 3.33. The number of hydrogen-bond donors (Lipinski definition) is 0. The second-order valence-electron chi connectivity index (χ2n) is 10.8. The molecule has 0 radical (unpaired) electrons. The van der Waals surface area contributed by atoms with Crippen LogP contribution in [-0.2, 0) is 35.2 Å². The fourth-order valence-corrected chi connectivity index (χ4v) is 4.48. The minimum atomic E-state index is -0.252. The van der Waals surface area contributed by atoms with Gasteiger partial charge >= 0.3 is 17.9 Å². The lowest BCUT2D eigenvalue weighted by Crippen LogP contribution is -2.08. The Morgan fingerprint density at radius 1 is 0.535 bits per heavy atom. The zero-order chi connectivity index (χ0) is 31.4. The number of esters is 3. The van der Waals surface area contributed by atoms with E-state index >= 15 is 0 Å². The SMILES string of the molecule is CCCCCCCOC(=O)CCCCOc1cc(COC(=O)CCCBr)cc(OCCCCC(=O)OCCCCCC)c1. The number of carbonyl (C=O) groups excluding carboxylic acids is 3. The molecule has 8 nitrogen and oxygen atoms in total. The Balaban J connectivity index is 2.45. The molecule has 0 aromatic heterocycles. The van der Waals surface area contributed by atoms with Gasteiger partial charge in [-0.25, -0.2) is 0 Å². The summed E-state index contributed by atoms with van der Waals surface area (Å²) in [7, 11) is 0. The van der Waals surface area contributed by atoms with Gasteiger partial charge in [-0.1, -0.05) is 74.7 Å². The van der Waals surface area contributed by atoms with Crippen LogP contribution in [0.1, 0.15) is 129 Å². The van der Waals surface area contributed by atoms with Gasteiger partial charge in [-0.05, 0) is 62.6 Å². The highest BCUT2D eigenvalue weighted by Gasteiger charge is 2.09. The Bertz CT molecular complexity index is 876. The van der Waals surface area contributed by atoms with E-state index in [1.807, 2.05) is 18.2 Å². The zero-order valence-corrected chi connectivity index (χ0v) is 28.2. The molecule has 0 aliphatic carbocycles. The van der Waals surface area contributed by atoms with Crippen LogP contribution < -0.4 is 9.47 Å². The molecular weight excluding hydrogens is 616 g/mol. The number of rotatable bonds is 28. The van der Waals surface area contributed by atoms with E-state index in [0.717, 1.165) is 55.8 Å². The third-order valence-electron chi connectivity index (χ3n) is 6.71. The van der Waals surface area contributed by atoms with Gasteiger partial charge < -0.3 is 23.7 Å². The first-order valence-electron chi connectivity index (χ1n) is 16.4. The summed E-state index contributed by atoms with van der Waals surface area (Å²) in [6.07, 6.45) is 14.6. The first-order valence-corrected chi connectivity index (χ1v) is 17.5. The number of unbranched alkanes of at least 4 members (excludes halogenated alkanes) is 9. The summed E-state index contributed by atoms with van der Waals surface area (Å²) in [5.74, 6) is 0.662. The minimum absolute atomic E-state index is 0.128. The van der Waals surface area contributed by atoms with E-state index in [0.29, 0.717) is 82.9 Å². The molecule has 0 atom stereocenters. The monoisotopic (exact) mass is 670 g/mol. The highest BCUT2D eigenvalue weighted by Crippen LogP contribution is 2.25. The maximum Gasteiger partial charge on any atom is 0.306 e. The van der Waals surface area contributed by atoms with Crippen LogP contribution >= 0.6 is 15.9 Å². The molecule has 43 heavy (non-hydrogen) atoms. The van der Waals surface area contributed by atoms with Crippen LogP contribution in [0.25, 0.3) is 0 Å². The van der Waals surface area contributed by atoms with Gasteiger partial charge in [0.15, 0.2) is 0 Å². The molecule has 0 fully saturated rings. The third kappa shape index (κ3) is 22.9. The van der Waals surface area contributed by atoms with Crippen LogP contribution in [-0.4, -0.2) is 49.7 Å². The van der Waals surface area contributed by atoms with Crippen LogP contribution in [0.3, 0.4) is 0 Å². The second kappa shape index (κ2) is 27.3. The Morgan fingerprint density at radius 2 is 0.977 bits per heavy atom. The molecule has 0 aliphatic heterocycles. The highest BCUT2D eigenvalue weighted by atomic mass is 79.9. The van der Waals surface area contributed by atoms with Crippen molar-refractivity contribution in [3.63, 3.8) is 0 Å². The molecule has 0 bridgehead atoms. The van der Waals surface area contributed by atoms with Gasteiger partial charge in [0.2, 0.25) is 0 Å². The first kappa shape index (κ1) is 38.7. The van der Waals surface area contributed by atoms with Crippen molar-refractivity contribution < 1.29 is 38.1 Å². The summed E-state index contributed by atoms with van der Waals surface area (Å²) in [5, 5.41) is 0.747. The maximum absolute atomic E-state index is 12.0. The normalized spacial score (nSPS) is 10.8. The van der Waals surface area contributed by atoms with Crippen molar-refractivity contribution in [2.24, 2.45) is 0 Å². The molecule has 0 unspecified atom stereocenters. The van der Waals surface area contributed by atoms with Crippen molar-refractivity contribution >= 4 is 33.8 Å². The van der Waals surface area contributed by atoms with E-state index in [1.54, 1.807) is 0 Å². The lowest BCUT2D eigenvalue weighted by Gasteiger charge is -2.13. The van der Waals surface area contributed by atoms with E-state index in [4.69, 9.17) is 23.7 Å². The fourth-order valence-electron chi connectivity index (χ4n) is 4.20. The largest absolute Gasteiger partial charge is 0.493 e. The van der Waals surface area contributed by atoms with Crippen LogP contribution in [0.15, 0.2) is 18.2 Å². The average molecular weight is 672 g/mol. The number of ether oxygens (including phenoxy) is 5. The highest BCUT2D eigenvalue weighted by molar-refractivity contribution is 9.09. The molecule has 0 saturated heterocycles. The summed E-state index contributed by atoms with van der Waals surface area (Å²) in [6, 6.07) is 5.49. The third-order valence-corrected chi connectivity index (χ3v) is 7.27. The Hall–Kier alpha value is -2.29. The lowest BCUT2D eigenvalue weighted by molar-refractivity contribution is -0.145. The van der Waals surface area contributed by atoms with Crippen molar-refractivity contribution in [3.05, 3.63) is 23.8 Å². The number of benzene rings is 1. The van der Waals surface area contributed by atoms with Gasteiger partial charge in [0.1, 0.15) is 18.1 Å². The van der Waals surface area contributed by atoms with Crippen LogP contribution in [0.5, 0.6) is 11.5 Å². The van der Waals surface area contributed by atoms with Crippen molar-refractivity contribution in [2.75, 3.05) is 31.8 Å². The Labute approximate surface area is 268 Å². The molecule has 0 heterocycles. The number of halogens is 1. The van der Waals surface area contributed by atoms with Crippen LogP contribution in [0.4, 0.5) is 0 Å². The van der Waals surface area contributed by atoms with E-state index in [9.17, 15) is 14.4 Å². The van der Waals surface area contributed by atoms with Crippen molar-refractivity contribution in [1.29, 1.82) is 0 Å². The quantitative estimate of drug-likeness (QED) is 0.0378. The summed E-state index contributed by atoms with van der Waals surface area (Å²) < 4.78 is 27.9. The van der Waals surface area contributed by atoms with Crippen LogP contribution in [0, 0.1) is 0 Å². The van der Waals surface area contributed by atoms with Gasteiger partial charge in [-0.15, -0.1) is 0 Å². The predicted molar refractivity (Wildman–Crippen MR) is 173 cm³/mol. The van der Waals surface area contributed by atoms with Gasteiger partial charge in [-0.3, -0.25) is 14.4 Å². The molecule has 9 heteroatoms. The summed E-state index contributed by atoms with van der Waals surface area (Å²) in [4.78, 5) is 35.9. The molecule has 246 valence electrons. The minimum Gasteiger partial charge on any atom is -0.493 e. The Morgan fingerprint density at radius 3 is 1.49 bits per heavy atom. The van der Waals surface area contributed by atoms with Gasteiger partial charge in [0, 0.05) is 30.7 Å². The number of alkyl halides is 1. The molecule has 1 aromatic carbocycles. The Kier molecular flexibility index (Phi) is 24.6. The van der Waals surface area contributed by atoms with E-state index in [1.165, 1.54) is 19.3 Å². The summed E-state index contributed by atoms with van der Waals surface area (Å²) in [5.41, 5.74) is 0.772. The molecule has 0 spiro atoms. The molecule has 1 aromatic rings. The van der Waals surface area contributed by atoms with Crippen molar-refractivity contribution in [3.8, 4) is 11.5 Å². The average Bonchev–Trinajstić information content (AvgIpc) is 3.00. The first-order chi connectivity index (χ1) is 21.0. The van der Waals surface area contributed by atoms with Crippen molar-refractivity contribution in [1.82, 2.24) is 0 Å². The lowest BCUT2D eigenvalue weighted by atomic mass is 10.2. The second-order valence-corrected chi connectivity index (χ2v) is 11.6. The standard InChI is InChI=1S/C34H55BrO8/c1-3-5-7-9-13-24-42-33(37)18-11-15-22-40-31-26-29(28-43-34(38)19-16-20-35)25-30(27-31)39-21-14-10-17-32(36)41-23-12-8-6-4-2/h25-27H,3-24,28H2,1-2H3. The van der Waals surface area contributed by atoms with Gasteiger partial charge in [0.25, 0.3) is 0 Å². The van der Waals surface area contributed by atoms with Crippen LogP contribution in [0.2, 0.25) is 0 Å². The number of carbonyl (C=O) groups is 3. The smallest absolute Gasteiger partial charge is 0.306 e. The van der Waals surface area contributed by atoms with E-state index in [-0.39, 0.29) is 24.5 Å². The fraction of sp³-hybridized carbons (Fsp3) is 0.735. The molecule has 0 N–H and O–H groups in total. The topological polar surface area (TPSA) is 97.4 Å². The maximum atomic E-state index is 12.0. The molecular formula is C34H55BrO8. The zero-order valence-electron chi connectivity index (χ0n) is 26.6. The predicted octanol–water partition coefficient (Wildman–Crippen LogP) is 8.64. The summed E-state index contributed by atoms with van der Waals surface area (Å²) in [6.45, 7) is 6.34.